The Bertz CT molecular complexity index is 621. The van der Waals surface area contributed by atoms with Crippen molar-refractivity contribution in [3.8, 4) is 0 Å². The van der Waals surface area contributed by atoms with E-state index in [1.165, 1.54) is 0 Å². The average molecular weight is 324 g/mol. The highest BCUT2D eigenvalue weighted by atomic mass is 79.9. The lowest BCUT2D eigenvalue weighted by Crippen LogP contribution is -2.31. The number of hydrogen-bond donors (Lipinski definition) is 1. The van der Waals surface area contributed by atoms with E-state index in [2.05, 4.69) is 15.9 Å². The number of carboxylic acids is 1. The van der Waals surface area contributed by atoms with Crippen molar-refractivity contribution in [1.29, 1.82) is 0 Å². The summed E-state index contributed by atoms with van der Waals surface area (Å²) in [6.07, 6.45) is 0.986. The molecule has 6 heteroatoms. The molecule has 0 atom stereocenters. The van der Waals surface area contributed by atoms with Crippen molar-refractivity contribution in [3.05, 3.63) is 45.4 Å². The van der Waals surface area contributed by atoms with Crippen LogP contribution in [0.25, 0.3) is 0 Å². The summed E-state index contributed by atoms with van der Waals surface area (Å²) < 4.78 is 0.715. The van der Waals surface area contributed by atoms with E-state index >= 15 is 0 Å². The van der Waals surface area contributed by atoms with Gasteiger partial charge < -0.3 is 5.11 Å². The van der Waals surface area contributed by atoms with Crippen LogP contribution in [0.5, 0.6) is 0 Å². The molecule has 1 aromatic carbocycles. The van der Waals surface area contributed by atoms with Gasteiger partial charge in [-0.05, 0) is 30.7 Å². The van der Waals surface area contributed by atoms with Gasteiger partial charge in [0.15, 0.2) is 0 Å². The Balaban J connectivity index is 2.30. The number of nitrogens with zero attached hydrogens (tertiary/aromatic N) is 1. The van der Waals surface area contributed by atoms with E-state index in [1.54, 1.807) is 25.1 Å². The maximum Gasteiger partial charge on any atom is 0.328 e. The Kier molecular flexibility index (Phi) is 3.53. The molecular weight excluding hydrogens is 314 g/mol. The van der Waals surface area contributed by atoms with E-state index in [9.17, 15) is 14.4 Å². The van der Waals surface area contributed by atoms with Crippen LogP contribution in [0.4, 0.5) is 0 Å². The summed E-state index contributed by atoms with van der Waals surface area (Å²) in [6, 6.07) is 4.86. The number of halogens is 1. The maximum absolute atomic E-state index is 12.1. The molecule has 0 aromatic heterocycles. The third-order valence-corrected chi connectivity index (χ3v) is 3.20. The zero-order chi connectivity index (χ0) is 14.2. The monoisotopic (exact) mass is 323 g/mol. The highest BCUT2D eigenvalue weighted by Crippen LogP contribution is 2.26. The third kappa shape index (κ3) is 2.58. The SMILES string of the molecule is C/C(=C/C(=O)O)CN1C(=O)c2ccc(Br)cc2C1=O. The van der Waals surface area contributed by atoms with E-state index in [4.69, 9.17) is 5.11 Å². The molecule has 1 aliphatic heterocycles. The van der Waals surface area contributed by atoms with Crippen molar-refractivity contribution in [2.75, 3.05) is 6.54 Å². The minimum Gasteiger partial charge on any atom is -0.478 e. The van der Waals surface area contributed by atoms with E-state index in [-0.39, 0.29) is 6.54 Å². The topological polar surface area (TPSA) is 74.7 Å². The molecule has 1 N–H and O–H groups in total. The summed E-state index contributed by atoms with van der Waals surface area (Å²) in [6.45, 7) is 1.55. The number of amides is 2. The smallest absolute Gasteiger partial charge is 0.328 e. The number of rotatable bonds is 3. The lowest BCUT2D eigenvalue weighted by molar-refractivity contribution is -0.131. The van der Waals surface area contributed by atoms with Crippen LogP contribution in [-0.4, -0.2) is 34.3 Å². The van der Waals surface area contributed by atoms with Gasteiger partial charge >= 0.3 is 5.97 Å². The van der Waals surface area contributed by atoms with Crippen molar-refractivity contribution in [2.45, 2.75) is 6.92 Å². The third-order valence-electron chi connectivity index (χ3n) is 2.71. The fourth-order valence-electron chi connectivity index (χ4n) is 1.91. The zero-order valence-electron chi connectivity index (χ0n) is 10.0. The number of fused-ring (bicyclic) bond motifs is 1. The van der Waals surface area contributed by atoms with Gasteiger partial charge in [0.25, 0.3) is 11.8 Å². The first-order valence-corrected chi connectivity index (χ1v) is 6.25. The predicted molar refractivity (Wildman–Crippen MR) is 70.9 cm³/mol. The fraction of sp³-hybridized carbons (Fsp3) is 0.154. The van der Waals surface area contributed by atoms with Crippen LogP contribution < -0.4 is 0 Å². The second-order valence-corrected chi connectivity index (χ2v) is 5.13. The van der Waals surface area contributed by atoms with Crippen LogP contribution in [0.15, 0.2) is 34.3 Å². The van der Waals surface area contributed by atoms with E-state index in [0.717, 1.165) is 11.0 Å². The molecular formula is C13H10BrNO4. The Morgan fingerprint density at radius 2 is 1.95 bits per heavy atom. The van der Waals surface area contributed by atoms with Gasteiger partial charge in [-0.2, -0.15) is 0 Å². The van der Waals surface area contributed by atoms with Gasteiger partial charge in [0.2, 0.25) is 0 Å². The van der Waals surface area contributed by atoms with Crippen LogP contribution in [0.2, 0.25) is 0 Å². The molecule has 98 valence electrons. The summed E-state index contributed by atoms with van der Waals surface area (Å²) in [5, 5.41) is 8.63. The summed E-state index contributed by atoms with van der Waals surface area (Å²) >= 11 is 3.24. The molecule has 0 saturated heterocycles. The number of aliphatic carboxylic acids is 1. The molecule has 0 aliphatic carbocycles. The van der Waals surface area contributed by atoms with Gasteiger partial charge in [-0.3, -0.25) is 14.5 Å². The van der Waals surface area contributed by atoms with Crippen molar-refractivity contribution >= 4 is 33.7 Å². The van der Waals surface area contributed by atoms with Crippen molar-refractivity contribution < 1.29 is 19.5 Å². The van der Waals surface area contributed by atoms with Crippen LogP contribution in [0, 0.1) is 0 Å². The van der Waals surface area contributed by atoms with Crippen molar-refractivity contribution in [2.24, 2.45) is 0 Å². The minimum absolute atomic E-state index is 0.0176. The number of hydrogen-bond acceptors (Lipinski definition) is 3. The molecule has 0 unspecified atom stereocenters. The Morgan fingerprint density at radius 1 is 1.32 bits per heavy atom. The predicted octanol–water partition coefficient (Wildman–Crippen LogP) is 2.08. The first-order chi connectivity index (χ1) is 8.90. The van der Waals surface area contributed by atoms with Gasteiger partial charge in [0, 0.05) is 10.5 Å². The van der Waals surface area contributed by atoms with E-state index in [0.29, 0.717) is 21.2 Å². The average Bonchev–Trinajstić information content (AvgIpc) is 2.53. The lowest BCUT2D eigenvalue weighted by atomic mass is 10.1. The number of imide groups is 1. The highest BCUT2D eigenvalue weighted by Gasteiger charge is 2.35. The molecule has 1 aromatic rings. The standard InChI is InChI=1S/C13H10BrNO4/c1-7(4-11(16)17)6-15-12(18)9-3-2-8(14)5-10(9)13(15)19/h2-5H,6H2,1H3,(H,16,17)/b7-4-. The first-order valence-electron chi connectivity index (χ1n) is 5.46. The lowest BCUT2D eigenvalue weighted by Gasteiger charge is -2.13. The maximum atomic E-state index is 12.1. The van der Waals surface area contributed by atoms with Gasteiger partial charge in [0.1, 0.15) is 0 Å². The second-order valence-electron chi connectivity index (χ2n) is 4.22. The van der Waals surface area contributed by atoms with E-state index < -0.39 is 17.8 Å². The van der Waals surface area contributed by atoms with Gasteiger partial charge in [-0.25, -0.2) is 4.79 Å². The highest BCUT2D eigenvalue weighted by molar-refractivity contribution is 9.10. The zero-order valence-corrected chi connectivity index (χ0v) is 11.6. The molecule has 2 amide bonds. The molecule has 0 saturated carbocycles. The Hall–Kier alpha value is -1.95. The summed E-state index contributed by atoms with van der Waals surface area (Å²) in [4.78, 5) is 35.7. The molecule has 0 fully saturated rings. The molecule has 0 radical (unpaired) electrons. The van der Waals surface area contributed by atoms with Crippen molar-refractivity contribution in [3.63, 3.8) is 0 Å². The first kappa shape index (κ1) is 13.5. The fourth-order valence-corrected chi connectivity index (χ4v) is 2.27. The van der Waals surface area contributed by atoms with Gasteiger partial charge in [-0.1, -0.05) is 15.9 Å². The molecule has 19 heavy (non-hydrogen) atoms. The minimum atomic E-state index is -1.10. The molecule has 1 heterocycles. The number of benzene rings is 1. The van der Waals surface area contributed by atoms with Crippen LogP contribution >= 0.6 is 15.9 Å². The molecule has 2 rings (SSSR count). The van der Waals surface area contributed by atoms with Gasteiger partial charge in [0.05, 0.1) is 17.7 Å². The second kappa shape index (κ2) is 4.97. The van der Waals surface area contributed by atoms with Gasteiger partial charge in [-0.15, -0.1) is 0 Å². The van der Waals surface area contributed by atoms with Crippen LogP contribution in [0.3, 0.4) is 0 Å². The Labute approximate surface area is 117 Å². The molecule has 1 aliphatic rings. The normalized spacial score (nSPS) is 14.8. The molecule has 0 spiro atoms. The largest absolute Gasteiger partial charge is 0.478 e. The molecule has 0 bridgehead atoms. The summed E-state index contributed by atoms with van der Waals surface area (Å²) in [5.74, 6) is -1.90. The van der Waals surface area contributed by atoms with Crippen molar-refractivity contribution in [1.82, 2.24) is 4.90 Å². The van der Waals surface area contributed by atoms with Crippen LogP contribution in [-0.2, 0) is 4.79 Å². The quantitative estimate of drug-likeness (QED) is 0.682. The summed E-state index contributed by atoms with van der Waals surface area (Å²) in [7, 11) is 0. The molecule has 5 nitrogen and oxygen atoms in total. The Morgan fingerprint density at radius 3 is 2.58 bits per heavy atom. The number of carboxylic acid groups (broad SMARTS) is 1. The summed E-state index contributed by atoms with van der Waals surface area (Å²) in [5.41, 5.74) is 1.11. The van der Waals surface area contributed by atoms with Crippen LogP contribution in [0.1, 0.15) is 27.6 Å². The van der Waals surface area contributed by atoms with E-state index in [1.807, 2.05) is 0 Å². The number of carbonyl (C=O) groups is 3. The number of carbonyl (C=O) groups excluding carboxylic acids is 2.